The predicted octanol–water partition coefficient (Wildman–Crippen LogP) is 5.96. The predicted molar refractivity (Wildman–Crippen MR) is 196 cm³/mol. The van der Waals surface area contributed by atoms with Crippen LogP contribution in [0.4, 0.5) is 22.7 Å². The third-order valence-electron chi connectivity index (χ3n) is 8.81. The van der Waals surface area contributed by atoms with Gasteiger partial charge in [-0.25, -0.2) is 14.6 Å². The molecule has 2 heterocycles. The highest BCUT2D eigenvalue weighted by Gasteiger charge is 2.26. The number of imide groups is 2. The van der Waals surface area contributed by atoms with Gasteiger partial charge in [-0.05, 0) is 103 Å². The molecular weight excluding hydrogens is 644 g/mol. The molecule has 4 amide bonds. The molecular formula is C41H38N4O6. The molecule has 2 N–H and O–H groups in total. The van der Waals surface area contributed by atoms with Crippen LogP contribution >= 0.6 is 0 Å². The Balaban J connectivity index is 0.923. The number of amides is 4. The lowest BCUT2D eigenvalue weighted by Gasteiger charge is -2.18. The van der Waals surface area contributed by atoms with Gasteiger partial charge in [-0.1, -0.05) is 48.5 Å². The Hall–Kier alpha value is -6.29. The van der Waals surface area contributed by atoms with Gasteiger partial charge >= 0.3 is 5.97 Å². The summed E-state index contributed by atoms with van der Waals surface area (Å²) in [6.07, 6.45) is 8.81. The molecule has 10 heteroatoms. The molecule has 1 atom stereocenters. The van der Waals surface area contributed by atoms with Gasteiger partial charge in [0, 0.05) is 42.2 Å². The molecule has 0 bridgehead atoms. The van der Waals surface area contributed by atoms with Crippen molar-refractivity contribution in [2.45, 2.75) is 38.1 Å². The van der Waals surface area contributed by atoms with Crippen molar-refractivity contribution in [2.24, 2.45) is 0 Å². The monoisotopic (exact) mass is 682 g/mol. The van der Waals surface area contributed by atoms with Gasteiger partial charge in [-0.2, -0.15) is 0 Å². The van der Waals surface area contributed by atoms with E-state index >= 15 is 0 Å². The lowest BCUT2D eigenvalue weighted by atomic mass is 10.0. The quantitative estimate of drug-likeness (QED) is 0.0894. The highest BCUT2D eigenvalue weighted by Crippen LogP contribution is 2.23. The first-order valence-electron chi connectivity index (χ1n) is 16.8. The minimum atomic E-state index is -0.472. The topological polar surface area (TPSA) is 125 Å². The Kier molecular flexibility index (Phi) is 10.8. The number of rotatable bonds is 15. The highest BCUT2D eigenvalue weighted by atomic mass is 16.5. The summed E-state index contributed by atoms with van der Waals surface area (Å²) in [7, 11) is 1.40. The summed E-state index contributed by atoms with van der Waals surface area (Å²) in [5, 5.41) is 6.77. The first-order chi connectivity index (χ1) is 24.8. The third kappa shape index (κ3) is 8.66. The van der Waals surface area contributed by atoms with Crippen molar-refractivity contribution in [1.82, 2.24) is 0 Å². The van der Waals surface area contributed by atoms with E-state index in [0.29, 0.717) is 24.2 Å². The van der Waals surface area contributed by atoms with Crippen molar-refractivity contribution >= 4 is 52.3 Å². The van der Waals surface area contributed by atoms with Crippen LogP contribution in [0.5, 0.6) is 0 Å². The molecule has 4 aromatic carbocycles. The van der Waals surface area contributed by atoms with Gasteiger partial charge < -0.3 is 15.4 Å². The van der Waals surface area contributed by atoms with Crippen LogP contribution in [-0.4, -0.2) is 49.3 Å². The van der Waals surface area contributed by atoms with Crippen molar-refractivity contribution in [3.8, 4) is 0 Å². The second kappa shape index (κ2) is 15.9. The first kappa shape index (κ1) is 34.6. The number of methoxy groups -OCH3 is 1. The number of benzene rings is 4. The molecule has 2 aliphatic rings. The summed E-state index contributed by atoms with van der Waals surface area (Å²) in [6.45, 7) is 0.759. The van der Waals surface area contributed by atoms with Gasteiger partial charge in [-0.3, -0.25) is 19.2 Å². The smallest absolute Gasteiger partial charge is 0.328 e. The van der Waals surface area contributed by atoms with Crippen LogP contribution < -0.4 is 20.4 Å². The number of esters is 1. The molecule has 0 aromatic heterocycles. The van der Waals surface area contributed by atoms with Gasteiger partial charge in [0.15, 0.2) is 0 Å². The molecule has 0 unspecified atom stereocenters. The number of hydrogen-bond donors (Lipinski definition) is 2. The zero-order valence-electron chi connectivity index (χ0n) is 28.2. The van der Waals surface area contributed by atoms with Crippen LogP contribution in [0.25, 0.3) is 0 Å². The van der Waals surface area contributed by atoms with E-state index < -0.39 is 6.04 Å². The minimum Gasteiger partial charge on any atom is -0.467 e. The number of ether oxygens (including phenoxy) is 1. The zero-order valence-corrected chi connectivity index (χ0v) is 28.2. The van der Waals surface area contributed by atoms with E-state index in [1.807, 2.05) is 60.7 Å². The molecule has 0 saturated heterocycles. The van der Waals surface area contributed by atoms with Gasteiger partial charge in [0.2, 0.25) is 0 Å². The van der Waals surface area contributed by atoms with Gasteiger partial charge in [0.05, 0.1) is 18.5 Å². The second-order valence-corrected chi connectivity index (χ2v) is 12.4. The minimum absolute atomic E-state index is 0.308. The fourth-order valence-electron chi connectivity index (χ4n) is 6.06. The SMILES string of the molecule is COC(=O)[C@H](CCCCNc1ccc(Cc2ccc(N3C(=O)C=CC3=O)cc2)cc1)Nc1ccc(Cc2ccc(N3C(=O)C=CC3=O)cc2)cc1. The number of nitrogens with one attached hydrogen (secondary N) is 2. The van der Waals surface area contributed by atoms with Crippen LogP contribution in [-0.2, 0) is 41.6 Å². The Bertz CT molecular complexity index is 1930. The van der Waals surface area contributed by atoms with Crippen LogP contribution in [0.15, 0.2) is 121 Å². The standard InChI is InChI=1S/C41H38N4O6/c1-51-41(50)36(43-33-15-7-29(8-16-33)27-31-11-19-35(20-12-31)45-39(48)23-24-40(45)49)4-2-3-25-42-32-13-5-28(6-14-32)26-30-9-17-34(18-10-30)44-37(46)21-22-38(44)47/h5-24,36,42-43H,2-4,25-27H2,1H3/t36-/m0/s1. The summed E-state index contributed by atoms with van der Waals surface area (Å²) in [6, 6.07) is 30.5. The van der Waals surface area contributed by atoms with E-state index in [1.165, 1.54) is 31.4 Å². The average Bonchev–Trinajstić information content (AvgIpc) is 3.67. The normalized spacial score (nSPS) is 14.4. The molecule has 0 fully saturated rings. The van der Waals surface area contributed by atoms with E-state index in [4.69, 9.17) is 4.74 Å². The summed E-state index contributed by atoms with van der Waals surface area (Å²) in [5.74, 6) is -1.64. The Morgan fingerprint density at radius 3 is 1.37 bits per heavy atom. The van der Waals surface area contributed by atoms with Gasteiger partial charge in [0.1, 0.15) is 6.04 Å². The molecule has 0 radical (unpaired) electrons. The maximum Gasteiger partial charge on any atom is 0.328 e. The van der Waals surface area contributed by atoms with Gasteiger partial charge in [0.25, 0.3) is 23.6 Å². The second-order valence-electron chi connectivity index (χ2n) is 12.4. The Morgan fingerprint density at radius 1 is 0.569 bits per heavy atom. The first-order valence-corrected chi connectivity index (χ1v) is 16.8. The molecule has 0 aliphatic carbocycles. The molecule has 258 valence electrons. The molecule has 4 aromatic rings. The highest BCUT2D eigenvalue weighted by molar-refractivity contribution is 6.28. The number of nitrogens with zero attached hydrogens (tertiary/aromatic N) is 2. The molecule has 6 rings (SSSR count). The van der Waals surface area contributed by atoms with Crippen LogP contribution in [0.3, 0.4) is 0 Å². The fraction of sp³-hybridized carbons (Fsp3) is 0.195. The fourth-order valence-corrected chi connectivity index (χ4v) is 6.06. The van der Waals surface area contributed by atoms with Crippen LogP contribution in [0.2, 0.25) is 0 Å². The van der Waals surface area contributed by atoms with E-state index in [9.17, 15) is 24.0 Å². The van der Waals surface area contributed by atoms with Crippen molar-refractivity contribution in [1.29, 1.82) is 0 Å². The number of carbonyl (C=O) groups is 5. The summed E-state index contributed by atoms with van der Waals surface area (Å²) in [5.41, 5.74) is 7.30. The third-order valence-corrected chi connectivity index (χ3v) is 8.81. The van der Waals surface area contributed by atoms with Crippen molar-refractivity contribution in [3.63, 3.8) is 0 Å². The molecule has 0 spiro atoms. The molecule has 2 aliphatic heterocycles. The number of carbonyl (C=O) groups excluding carboxylic acids is 5. The van der Waals surface area contributed by atoms with Gasteiger partial charge in [-0.15, -0.1) is 0 Å². The maximum absolute atomic E-state index is 12.6. The largest absolute Gasteiger partial charge is 0.467 e. The van der Waals surface area contributed by atoms with E-state index in [-0.39, 0.29) is 29.6 Å². The van der Waals surface area contributed by atoms with Crippen molar-refractivity contribution < 1.29 is 28.7 Å². The Labute approximate surface area is 296 Å². The van der Waals surface area contributed by atoms with Crippen LogP contribution in [0, 0.1) is 0 Å². The lowest BCUT2D eigenvalue weighted by molar-refractivity contribution is -0.141. The summed E-state index contributed by atoms with van der Waals surface area (Å²) < 4.78 is 5.07. The van der Waals surface area contributed by atoms with E-state index in [2.05, 4.69) is 22.8 Å². The van der Waals surface area contributed by atoms with E-state index in [1.54, 1.807) is 24.3 Å². The maximum atomic E-state index is 12.6. The van der Waals surface area contributed by atoms with Crippen molar-refractivity contribution in [2.75, 3.05) is 34.1 Å². The zero-order chi connectivity index (χ0) is 35.7. The van der Waals surface area contributed by atoms with E-state index in [0.717, 1.165) is 69.2 Å². The van der Waals surface area contributed by atoms with Crippen LogP contribution in [0.1, 0.15) is 41.5 Å². The lowest BCUT2D eigenvalue weighted by Crippen LogP contribution is -2.30. The van der Waals surface area contributed by atoms with Crippen molar-refractivity contribution in [3.05, 3.63) is 144 Å². The molecule has 51 heavy (non-hydrogen) atoms. The molecule has 10 nitrogen and oxygen atoms in total. The number of unbranched alkanes of at least 4 members (excludes halogenated alkanes) is 1. The molecule has 0 saturated carbocycles. The number of hydrogen-bond acceptors (Lipinski definition) is 8. The number of anilines is 4. The average molecular weight is 683 g/mol. The summed E-state index contributed by atoms with van der Waals surface area (Å²) in [4.78, 5) is 62.6. The Morgan fingerprint density at radius 2 is 0.961 bits per heavy atom. The summed E-state index contributed by atoms with van der Waals surface area (Å²) >= 11 is 0.